The van der Waals surface area contributed by atoms with Crippen LogP contribution >= 0.6 is 7.74 Å². The number of ether oxygens (including phenoxy) is 2. The van der Waals surface area contributed by atoms with E-state index in [9.17, 15) is 14.8 Å². The monoisotopic (exact) mass is 614 g/mol. The molecule has 1 aliphatic heterocycles. The maximum atomic E-state index is 12.4. The molecular weight excluding hydrogens is 582 g/mol. The van der Waals surface area contributed by atoms with Gasteiger partial charge >= 0.3 is 226 Å². The molecule has 6 atom stereocenters. The van der Waals surface area contributed by atoms with Crippen molar-refractivity contribution in [2.24, 2.45) is 4.74 Å². The Morgan fingerprint density at radius 2 is 2.00 bits per heavy atom. The van der Waals surface area contributed by atoms with Gasteiger partial charge < -0.3 is 0 Å². The van der Waals surface area contributed by atoms with Gasteiger partial charge in [0, 0.05) is 0 Å². The number of carbonyl (C=O) groups excluding carboxylic acids is 1. The molecule has 1 fully saturated rings. The van der Waals surface area contributed by atoms with Crippen LogP contribution < -0.4 is 10.3 Å². The van der Waals surface area contributed by atoms with Crippen LogP contribution in [0.15, 0.2) is 47.7 Å². The van der Waals surface area contributed by atoms with Crippen molar-refractivity contribution in [3.8, 4) is 5.75 Å². The summed E-state index contributed by atoms with van der Waals surface area (Å²) in [5, 5.41) is 11.1. The number of nitrogen functional groups attached to an aromatic ring is 1. The van der Waals surface area contributed by atoms with E-state index in [4.69, 9.17) is 24.3 Å². The van der Waals surface area contributed by atoms with Gasteiger partial charge in [-0.15, -0.1) is 0 Å². The number of aliphatic hydroxyl groups excluding tert-OH is 1. The third-order valence-corrected chi connectivity index (χ3v) is 9.42. The van der Waals surface area contributed by atoms with Crippen LogP contribution in [-0.4, -0.2) is 81.4 Å². The molecular formula is C23H31N6O7PSe. The van der Waals surface area contributed by atoms with E-state index in [1.54, 1.807) is 55.1 Å². The number of aromatic nitrogens is 4. The molecule has 4 rings (SSSR count). The Bertz CT molecular complexity index is 1310. The van der Waals surface area contributed by atoms with E-state index < -0.39 is 38.2 Å². The summed E-state index contributed by atoms with van der Waals surface area (Å²) >= 11 is -0.0422. The molecule has 0 saturated carbocycles. The summed E-state index contributed by atoms with van der Waals surface area (Å²) in [6.45, 7) is 4.67. The number of para-hydroxylation sites is 1. The van der Waals surface area contributed by atoms with Crippen LogP contribution in [0.5, 0.6) is 5.75 Å². The van der Waals surface area contributed by atoms with Gasteiger partial charge in [0.05, 0.1) is 0 Å². The normalized spacial score (nSPS) is 23.8. The molecule has 0 spiro atoms. The molecule has 4 N–H and O–H groups in total. The summed E-state index contributed by atoms with van der Waals surface area (Å²) in [6.07, 6.45) is 0.189. The summed E-state index contributed by atoms with van der Waals surface area (Å²) in [7, 11) is -4.00. The van der Waals surface area contributed by atoms with Crippen molar-refractivity contribution in [3.63, 3.8) is 0 Å². The first kappa shape index (κ1) is 28.4. The number of esters is 1. The van der Waals surface area contributed by atoms with Crippen molar-refractivity contribution in [1.82, 2.24) is 19.5 Å². The molecule has 2 aromatic heterocycles. The molecule has 15 heteroatoms. The van der Waals surface area contributed by atoms with Crippen LogP contribution in [0.1, 0.15) is 27.0 Å². The van der Waals surface area contributed by atoms with E-state index in [0.717, 1.165) is 0 Å². The second kappa shape index (κ2) is 12.1. The molecule has 2 unspecified atom stereocenters. The Balaban J connectivity index is 1.56. The number of rotatable bonds is 10. The van der Waals surface area contributed by atoms with Crippen molar-refractivity contribution in [3.05, 3.63) is 43.0 Å². The van der Waals surface area contributed by atoms with Gasteiger partial charge in [0.25, 0.3) is 0 Å². The number of fused-ring (bicyclic) bond motifs is 1. The van der Waals surface area contributed by atoms with E-state index >= 15 is 0 Å². The summed E-state index contributed by atoms with van der Waals surface area (Å²) in [4.78, 5) is 36.0. The van der Waals surface area contributed by atoms with E-state index in [-0.39, 0.29) is 38.3 Å². The van der Waals surface area contributed by atoms with E-state index in [2.05, 4.69) is 19.7 Å². The van der Waals surface area contributed by atoms with Crippen LogP contribution in [0.3, 0.4) is 0 Å². The number of carbonyl (C=O) groups is 1. The summed E-state index contributed by atoms with van der Waals surface area (Å²) < 4.78 is 28.8. The second-order valence-corrected chi connectivity index (χ2v) is 12.6. The average molecular weight is 613 g/mol. The fourth-order valence-corrected chi connectivity index (χ4v) is 7.15. The first-order chi connectivity index (χ1) is 18.1. The minimum absolute atomic E-state index is 0.0422. The zero-order valence-corrected chi connectivity index (χ0v) is 23.9. The zero-order chi connectivity index (χ0) is 27.4. The van der Waals surface area contributed by atoms with Gasteiger partial charge in [0.1, 0.15) is 0 Å². The molecule has 0 aliphatic carbocycles. The van der Waals surface area contributed by atoms with Gasteiger partial charge in [0.15, 0.2) is 0 Å². The molecule has 0 radical (unpaired) electrons. The van der Waals surface area contributed by atoms with Crippen LogP contribution in [0.25, 0.3) is 11.2 Å². The predicted molar refractivity (Wildman–Crippen MR) is 140 cm³/mol. The van der Waals surface area contributed by atoms with Crippen LogP contribution in [-0.2, 0) is 18.8 Å². The number of benzene rings is 1. The molecule has 13 nitrogen and oxygen atoms in total. The number of hydrogen-bond acceptors (Lipinski definition) is 11. The Morgan fingerprint density at radius 3 is 2.68 bits per heavy atom. The molecule has 3 aromatic rings. The van der Waals surface area contributed by atoms with Gasteiger partial charge in [-0.3, -0.25) is 0 Å². The van der Waals surface area contributed by atoms with E-state index in [1.165, 1.54) is 13.3 Å². The van der Waals surface area contributed by atoms with E-state index in [0.29, 0.717) is 16.9 Å². The van der Waals surface area contributed by atoms with Crippen molar-refractivity contribution < 1.29 is 33.3 Å². The molecule has 206 valence electrons. The van der Waals surface area contributed by atoms with Gasteiger partial charge in [-0.25, -0.2) is 0 Å². The third kappa shape index (κ3) is 6.35. The SMILES string of the molecule is C[Se]C1[C@@H](O)[C@@H](COP(O)(=N[C@@H](C)C(=O)OC(C)C)Oc2ccccc2)O[C@H]1n1cnc2c(N)ncnc21. The number of hydrogen-bond donors (Lipinski definition) is 3. The number of nitrogens with zero attached hydrogens (tertiary/aromatic N) is 5. The van der Waals surface area contributed by atoms with Crippen molar-refractivity contribution in [2.75, 3.05) is 12.3 Å². The molecule has 0 amide bonds. The Kier molecular flexibility index (Phi) is 9.04. The molecule has 1 saturated heterocycles. The third-order valence-electron chi connectivity index (χ3n) is 5.63. The van der Waals surface area contributed by atoms with Crippen molar-refractivity contribution in [1.29, 1.82) is 0 Å². The zero-order valence-electron chi connectivity index (χ0n) is 21.3. The van der Waals surface area contributed by atoms with Crippen molar-refractivity contribution >= 4 is 45.6 Å². The summed E-state index contributed by atoms with van der Waals surface area (Å²) in [5.41, 5.74) is 6.84. The van der Waals surface area contributed by atoms with Gasteiger partial charge in [-0.2, -0.15) is 0 Å². The predicted octanol–water partition coefficient (Wildman–Crippen LogP) is 2.58. The van der Waals surface area contributed by atoms with Gasteiger partial charge in [-0.05, 0) is 0 Å². The van der Waals surface area contributed by atoms with Gasteiger partial charge in [-0.1, -0.05) is 0 Å². The maximum absolute atomic E-state index is 12.4. The Labute approximate surface area is 226 Å². The molecule has 1 aromatic carbocycles. The number of anilines is 1. The fourth-order valence-electron chi connectivity index (χ4n) is 3.86. The minimum atomic E-state index is -4.00. The first-order valence-corrected chi connectivity index (χ1v) is 16.1. The standard InChI is InChI=1S/C23H31N6O7PSe/c1-13(2)34-23(31)14(3)28-37(32,36-15-8-6-5-7-9-15)33-10-16-18(30)19(38-4)22(35-16)29-12-27-17-20(24)25-11-26-21(17)29/h5-9,11-14,16,18-19,22,30,32H,10H2,1-4H3,(H2,24,25,26)/t14-,16+,18-,19?,22+,37?/m0/s1. The summed E-state index contributed by atoms with van der Waals surface area (Å²) in [6, 6.07) is 7.44. The fraction of sp³-hybridized carbons (Fsp3) is 0.478. The van der Waals surface area contributed by atoms with Crippen molar-refractivity contribution in [2.45, 2.75) is 62.0 Å². The quantitative estimate of drug-likeness (QED) is 0.174. The van der Waals surface area contributed by atoms with Crippen LogP contribution in [0, 0.1) is 0 Å². The molecule has 0 bridgehead atoms. The molecule has 3 heterocycles. The van der Waals surface area contributed by atoms with Gasteiger partial charge in [0.2, 0.25) is 0 Å². The Morgan fingerprint density at radius 1 is 1.26 bits per heavy atom. The topological polar surface area (TPSA) is 176 Å². The Hall–Kier alpha value is -2.57. The molecule has 38 heavy (non-hydrogen) atoms. The number of imidazole rings is 1. The second-order valence-electron chi connectivity index (χ2n) is 8.81. The van der Waals surface area contributed by atoms with Crippen LogP contribution in [0.2, 0.25) is 10.6 Å². The number of aliphatic hydroxyl groups is 1. The van der Waals surface area contributed by atoms with Crippen LogP contribution in [0.4, 0.5) is 5.82 Å². The van der Waals surface area contributed by atoms with E-state index in [1.807, 2.05) is 5.82 Å². The number of nitrogens with two attached hydrogens (primary N) is 1. The average Bonchev–Trinajstić information content (AvgIpc) is 3.44. The first-order valence-electron chi connectivity index (χ1n) is 11.8. The molecule has 1 aliphatic rings. The summed E-state index contributed by atoms with van der Waals surface area (Å²) in [5.74, 6) is 1.91.